The number of carbonyl (C=O) groups excluding carboxylic acids is 2. The van der Waals surface area contributed by atoms with E-state index < -0.39 is 67.1 Å². The van der Waals surface area contributed by atoms with Crippen molar-refractivity contribution in [1.82, 2.24) is 9.80 Å². The maximum Gasteiger partial charge on any atom is 0.460 e. The molecule has 1 aliphatic rings. The van der Waals surface area contributed by atoms with E-state index >= 15 is 0 Å². The molecule has 1 fully saturated rings. The van der Waals surface area contributed by atoms with Gasteiger partial charge in [-0.25, -0.2) is 4.79 Å². The molecule has 0 unspecified atom stereocenters. The second-order valence-corrected chi connectivity index (χ2v) is 6.81. The van der Waals surface area contributed by atoms with E-state index in [-0.39, 0.29) is 18.0 Å². The maximum atomic E-state index is 13.8. The van der Waals surface area contributed by atoms with Gasteiger partial charge in [-0.05, 0) is 6.42 Å². The molecule has 32 heavy (non-hydrogen) atoms. The Morgan fingerprint density at radius 1 is 0.719 bits per heavy atom. The third-order valence-electron chi connectivity index (χ3n) is 4.54. The SMILES string of the molecule is CCCN1CCC(=O)N(CCC(F)(F)C(F)(F)C(F)(F)C(F)(F)C(F)(F)C(F)(F)F)C1=O. The van der Waals surface area contributed by atoms with E-state index in [2.05, 4.69) is 0 Å². The minimum Gasteiger partial charge on any atom is -0.324 e. The molecule has 0 aromatic heterocycles. The molecular formula is C15H15F13N2O2. The Bertz CT molecular complexity index is 721. The quantitative estimate of drug-likeness (QED) is 0.408. The van der Waals surface area contributed by atoms with Crippen LogP contribution in [-0.2, 0) is 4.79 Å². The largest absolute Gasteiger partial charge is 0.460 e. The van der Waals surface area contributed by atoms with Gasteiger partial charge in [-0.1, -0.05) is 6.92 Å². The van der Waals surface area contributed by atoms with Crippen molar-refractivity contribution in [2.24, 2.45) is 0 Å². The van der Waals surface area contributed by atoms with Gasteiger partial charge in [0.05, 0.1) is 0 Å². The predicted molar refractivity (Wildman–Crippen MR) is 79.0 cm³/mol. The number of imide groups is 1. The molecule has 1 aliphatic heterocycles. The van der Waals surface area contributed by atoms with Crippen LogP contribution in [0.3, 0.4) is 0 Å². The summed E-state index contributed by atoms with van der Waals surface area (Å²) in [5.74, 6) is -38.7. The van der Waals surface area contributed by atoms with Gasteiger partial charge in [0, 0.05) is 32.5 Å². The number of carbonyl (C=O) groups is 2. The molecule has 0 bridgehead atoms. The summed E-state index contributed by atoms with van der Waals surface area (Å²) in [4.78, 5) is 24.5. The van der Waals surface area contributed by atoms with Gasteiger partial charge in [0.15, 0.2) is 0 Å². The molecule has 1 heterocycles. The highest BCUT2D eigenvalue weighted by molar-refractivity contribution is 5.96. The van der Waals surface area contributed by atoms with Crippen molar-refractivity contribution >= 4 is 11.9 Å². The van der Waals surface area contributed by atoms with Crippen LogP contribution in [0.5, 0.6) is 0 Å². The van der Waals surface area contributed by atoms with Crippen molar-refractivity contribution in [3.63, 3.8) is 0 Å². The molecule has 0 aromatic carbocycles. The lowest BCUT2D eigenvalue weighted by molar-refractivity contribution is -0.440. The van der Waals surface area contributed by atoms with Crippen LogP contribution in [0.25, 0.3) is 0 Å². The van der Waals surface area contributed by atoms with E-state index in [4.69, 9.17) is 0 Å². The first-order chi connectivity index (χ1) is 14.1. The second-order valence-electron chi connectivity index (χ2n) is 6.81. The fourth-order valence-corrected chi connectivity index (χ4v) is 2.65. The summed E-state index contributed by atoms with van der Waals surface area (Å²) >= 11 is 0. The van der Waals surface area contributed by atoms with Crippen LogP contribution in [-0.4, -0.2) is 77.2 Å². The van der Waals surface area contributed by atoms with Crippen LogP contribution in [0, 0.1) is 0 Å². The summed E-state index contributed by atoms with van der Waals surface area (Å²) < 4.78 is 170. The van der Waals surface area contributed by atoms with Crippen LogP contribution in [0.4, 0.5) is 61.9 Å². The molecule has 0 saturated carbocycles. The van der Waals surface area contributed by atoms with Crippen molar-refractivity contribution < 1.29 is 66.7 Å². The number of hydrogen-bond acceptors (Lipinski definition) is 2. The summed E-state index contributed by atoms with van der Waals surface area (Å²) in [6.45, 7) is -0.378. The number of hydrogen-bond donors (Lipinski definition) is 0. The molecule has 0 radical (unpaired) electrons. The molecule has 0 aromatic rings. The zero-order valence-electron chi connectivity index (χ0n) is 15.9. The second kappa shape index (κ2) is 8.43. The topological polar surface area (TPSA) is 40.6 Å². The zero-order chi connectivity index (χ0) is 25.6. The number of halogens is 13. The molecule has 3 amide bonds. The molecule has 0 spiro atoms. The normalized spacial score (nSPS) is 17.9. The number of urea groups is 1. The molecule has 0 N–H and O–H groups in total. The number of rotatable bonds is 9. The van der Waals surface area contributed by atoms with Gasteiger partial charge in [-0.15, -0.1) is 0 Å². The first kappa shape index (κ1) is 28.1. The lowest BCUT2D eigenvalue weighted by Crippen LogP contribution is -2.70. The summed E-state index contributed by atoms with van der Waals surface area (Å²) in [5.41, 5.74) is 0. The fourth-order valence-electron chi connectivity index (χ4n) is 2.65. The molecular weight excluding hydrogens is 487 g/mol. The molecule has 17 heteroatoms. The van der Waals surface area contributed by atoms with E-state index in [9.17, 15) is 66.7 Å². The van der Waals surface area contributed by atoms with Crippen LogP contribution < -0.4 is 0 Å². The first-order valence-corrected chi connectivity index (χ1v) is 8.65. The van der Waals surface area contributed by atoms with Crippen LogP contribution in [0.15, 0.2) is 0 Å². The summed E-state index contributed by atoms with van der Waals surface area (Å²) in [5, 5.41) is 0. The van der Waals surface area contributed by atoms with Gasteiger partial charge in [0.1, 0.15) is 0 Å². The van der Waals surface area contributed by atoms with Gasteiger partial charge in [0.2, 0.25) is 5.91 Å². The predicted octanol–water partition coefficient (Wildman–Crippen LogP) is 5.18. The maximum absolute atomic E-state index is 13.8. The molecule has 1 rings (SSSR count). The minimum atomic E-state index is -7.99. The van der Waals surface area contributed by atoms with Crippen molar-refractivity contribution in [1.29, 1.82) is 0 Å². The Hall–Kier alpha value is -1.97. The van der Waals surface area contributed by atoms with E-state index in [0.29, 0.717) is 6.42 Å². The van der Waals surface area contributed by atoms with Crippen molar-refractivity contribution in [2.45, 2.75) is 62.0 Å². The summed E-state index contributed by atoms with van der Waals surface area (Å²) in [6.07, 6.45) is -10.3. The number of nitrogens with zero attached hydrogens (tertiary/aromatic N) is 2. The first-order valence-electron chi connectivity index (χ1n) is 8.65. The van der Waals surface area contributed by atoms with Crippen molar-refractivity contribution in [2.75, 3.05) is 19.6 Å². The summed E-state index contributed by atoms with van der Waals surface area (Å²) in [7, 11) is 0. The number of alkyl halides is 13. The van der Waals surface area contributed by atoms with E-state index in [1.54, 1.807) is 6.92 Å². The third kappa shape index (κ3) is 4.30. The molecule has 0 aliphatic carbocycles. The van der Waals surface area contributed by atoms with Crippen molar-refractivity contribution in [3.8, 4) is 0 Å². The Morgan fingerprint density at radius 2 is 1.19 bits per heavy atom. The van der Waals surface area contributed by atoms with Crippen LogP contribution in [0.2, 0.25) is 0 Å². The fraction of sp³-hybridized carbons (Fsp3) is 0.867. The Labute approximate surface area is 171 Å². The van der Waals surface area contributed by atoms with Gasteiger partial charge in [0.25, 0.3) is 0 Å². The van der Waals surface area contributed by atoms with Gasteiger partial charge >= 0.3 is 41.8 Å². The van der Waals surface area contributed by atoms with E-state index in [1.807, 2.05) is 0 Å². The Balaban J connectivity index is 3.20. The Morgan fingerprint density at radius 3 is 1.62 bits per heavy atom. The van der Waals surface area contributed by atoms with E-state index in [0.717, 1.165) is 4.90 Å². The molecule has 0 atom stereocenters. The van der Waals surface area contributed by atoms with Crippen LogP contribution in [0.1, 0.15) is 26.2 Å². The summed E-state index contributed by atoms with van der Waals surface area (Å²) in [6, 6.07) is -1.29. The monoisotopic (exact) mass is 502 g/mol. The highest BCUT2D eigenvalue weighted by atomic mass is 19.4. The average molecular weight is 502 g/mol. The molecule has 4 nitrogen and oxygen atoms in total. The van der Waals surface area contributed by atoms with E-state index in [1.165, 1.54) is 0 Å². The van der Waals surface area contributed by atoms with Gasteiger partial charge in [-0.3, -0.25) is 9.69 Å². The Kier molecular flexibility index (Phi) is 7.39. The number of amides is 3. The van der Waals surface area contributed by atoms with Crippen LogP contribution >= 0.6 is 0 Å². The molecule has 1 saturated heterocycles. The standard InChI is InChI=1S/C15H15F13N2O2/c1-2-5-29-6-3-8(31)30(9(29)32)7-4-10(16,17)11(18,19)12(20,21)13(22,23)14(24,25)15(26,27)28/h2-7H2,1H3. The zero-order valence-corrected chi connectivity index (χ0v) is 15.9. The van der Waals surface area contributed by atoms with Gasteiger partial charge < -0.3 is 4.90 Å². The van der Waals surface area contributed by atoms with Crippen molar-refractivity contribution in [3.05, 3.63) is 0 Å². The average Bonchev–Trinajstić information content (AvgIpc) is 2.62. The third-order valence-corrected chi connectivity index (χ3v) is 4.54. The lowest BCUT2D eigenvalue weighted by Gasteiger charge is -2.40. The lowest BCUT2D eigenvalue weighted by atomic mass is 9.92. The molecule has 188 valence electrons. The highest BCUT2D eigenvalue weighted by Gasteiger charge is 2.90. The minimum absolute atomic E-state index is 0.0218. The smallest absolute Gasteiger partial charge is 0.324 e. The highest BCUT2D eigenvalue weighted by Crippen LogP contribution is 2.60. The van der Waals surface area contributed by atoms with Gasteiger partial charge in [-0.2, -0.15) is 57.1 Å².